The topological polar surface area (TPSA) is 111 Å². The minimum Gasteiger partial charge on any atom is -0.497 e. The number of anilines is 1. The van der Waals surface area contributed by atoms with Crippen molar-refractivity contribution in [3.8, 4) is 11.5 Å². The molecule has 1 amide bonds. The Bertz CT molecular complexity index is 1060. The molecular formula is C21H24N2O7S. The monoisotopic (exact) mass is 448 g/mol. The summed E-state index contributed by atoms with van der Waals surface area (Å²) in [6, 6.07) is 9.24. The molecule has 0 unspecified atom stereocenters. The molecule has 1 heterocycles. The minimum absolute atomic E-state index is 0.0922. The maximum absolute atomic E-state index is 12.9. The largest absolute Gasteiger partial charge is 0.497 e. The lowest BCUT2D eigenvalue weighted by Gasteiger charge is -2.26. The number of nitrogens with zero attached hydrogens (tertiary/aromatic N) is 1. The van der Waals surface area contributed by atoms with Crippen LogP contribution in [0.15, 0.2) is 41.3 Å². The van der Waals surface area contributed by atoms with Gasteiger partial charge in [-0.2, -0.15) is 4.31 Å². The van der Waals surface area contributed by atoms with E-state index in [2.05, 4.69) is 5.32 Å². The van der Waals surface area contributed by atoms with Crippen LogP contribution >= 0.6 is 0 Å². The van der Waals surface area contributed by atoms with Gasteiger partial charge in [0.1, 0.15) is 11.5 Å². The standard InChI is InChI=1S/C21H24N2O7S/c1-15-3-5-18(31(26,27)23-7-9-29-10-8-23)12-19(15)22-21(25)14-30-20-6-4-17(28-2)11-16(20)13-24/h3-6,11-13H,7-10,14H2,1-2H3,(H,22,25). The quantitative estimate of drug-likeness (QED) is 0.614. The van der Waals surface area contributed by atoms with E-state index in [0.29, 0.717) is 36.5 Å². The van der Waals surface area contributed by atoms with Crippen molar-refractivity contribution >= 4 is 27.9 Å². The molecule has 1 N–H and O–H groups in total. The Morgan fingerprint density at radius 1 is 1.19 bits per heavy atom. The third-order valence-electron chi connectivity index (χ3n) is 4.79. The fourth-order valence-corrected chi connectivity index (χ4v) is 4.47. The molecule has 0 radical (unpaired) electrons. The van der Waals surface area contributed by atoms with Crippen molar-refractivity contribution in [1.82, 2.24) is 4.31 Å². The number of hydrogen-bond acceptors (Lipinski definition) is 7. The van der Waals surface area contributed by atoms with Crippen molar-refractivity contribution in [2.45, 2.75) is 11.8 Å². The average Bonchev–Trinajstić information content (AvgIpc) is 2.79. The predicted molar refractivity (Wildman–Crippen MR) is 113 cm³/mol. The van der Waals surface area contributed by atoms with Crippen LogP contribution < -0.4 is 14.8 Å². The van der Waals surface area contributed by atoms with Gasteiger partial charge in [0.25, 0.3) is 5.91 Å². The minimum atomic E-state index is -3.69. The van der Waals surface area contributed by atoms with Crippen LogP contribution in [0, 0.1) is 6.92 Å². The molecule has 1 saturated heterocycles. The molecule has 0 aromatic heterocycles. The Balaban J connectivity index is 1.70. The number of aldehydes is 1. The van der Waals surface area contributed by atoms with Crippen molar-refractivity contribution in [2.75, 3.05) is 45.3 Å². The van der Waals surface area contributed by atoms with Crippen LogP contribution in [0.1, 0.15) is 15.9 Å². The summed E-state index contributed by atoms with van der Waals surface area (Å²) in [5, 5.41) is 2.67. The molecule has 1 fully saturated rings. The number of morpholine rings is 1. The summed E-state index contributed by atoms with van der Waals surface area (Å²) in [6.45, 7) is 2.67. The molecule has 1 aliphatic rings. The second kappa shape index (κ2) is 9.90. The summed E-state index contributed by atoms with van der Waals surface area (Å²) in [7, 11) is -2.21. The van der Waals surface area contributed by atoms with Gasteiger partial charge in [-0.25, -0.2) is 8.42 Å². The first-order valence-corrected chi connectivity index (χ1v) is 11.0. The zero-order valence-corrected chi connectivity index (χ0v) is 18.1. The first kappa shape index (κ1) is 22.7. The Kier molecular flexibility index (Phi) is 7.26. The number of benzene rings is 2. The lowest BCUT2D eigenvalue weighted by atomic mass is 10.2. The van der Waals surface area contributed by atoms with Crippen molar-refractivity contribution in [2.24, 2.45) is 0 Å². The maximum atomic E-state index is 12.9. The van der Waals surface area contributed by atoms with Gasteiger partial charge in [0, 0.05) is 18.8 Å². The van der Waals surface area contributed by atoms with Crippen LogP contribution in [0.2, 0.25) is 0 Å². The average molecular weight is 448 g/mol. The van der Waals surface area contributed by atoms with Gasteiger partial charge in [0.15, 0.2) is 12.9 Å². The highest BCUT2D eigenvalue weighted by atomic mass is 32.2. The van der Waals surface area contributed by atoms with E-state index >= 15 is 0 Å². The van der Waals surface area contributed by atoms with Crippen LogP contribution in [0.5, 0.6) is 11.5 Å². The molecule has 0 aliphatic carbocycles. The fourth-order valence-electron chi connectivity index (χ4n) is 3.04. The molecule has 0 bridgehead atoms. The smallest absolute Gasteiger partial charge is 0.262 e. The van der Waals surface area contributed by atoms with Gasteiger partial charge in [0.05, 0.1) is 30.8 Å². The zero-order chi connectivity index (χ0) is 22.4. The number of ether oxygens (including phenoxy) is 3. The number of nitrogens with one attached hydrogen (secondary N) is 1. The summed E-state index contributed by atoms with van der Waals surface area (Å²) < 4.78 is 42.8. The molecule has 0 atom stereocenters. The Labute approximate surface area is 181 Å². The van der Waals surface area contributed by atoms with Crippen molar-refractivity contribution in [3.05, 3.63) is 47.5 Å². The first-order valence-electron chi connectivity index (χ1n) is 9.59. The molecule has 1 aliphatic heterocycles. The summed E-state index contributed by atoms with van der Waals surface area (Å²) in [4.78, 5) is 23.7. The van der Waals surface area contributed by atoms with E-state index in [1.54, 1.807) is 19.1 Å². The van der Waals surface area contributed by atoms with Gasteiger partial charge in [0.2, 0.25) is 10.0 Å². The third-order valence-corrected chi connectivity index (χ3v) is 6.69. The van der Waals surface area contributed by atoms with Crippen LogP contribution in [0.3, 0.4) is 0 Å². The molecule has 3 rings (SSSR count). The molecular weight excluding hydrogens is 424 g/mol. The molecule has 10 heteroatoms. The van der Waals surface area contributed by atoms with E-state index in [0.717, 1.165) is 0 Å². The molecule has 31 heavy (non-hydrogen) atoms. The predicted octanol–water partition coefficient (Wildman–Crippen LogP) is 1.85. The molecule has 2 aromatic rings. The molecule has 9 nitrogen and oxygen atoms in total. The summed E-state index contributed by atoms with van der Waals surface area (Å²) in [5.41, 5.74) is 1.32. The number of aryl methyl sites for hydroxylation is 1. The molecule has 0 saturated carbocycles. The molecule has 166 valence electrons. The van der Waals surface area contributed by atoms with Crippen molar-refractivity contribution in [1.29, 1.82) is 0 Å². The highest BCUT2D eigenvalue weighted by Crippen LogP contribution is 2.25. The molecule has 0 spiro atoms. The number of methoxy groups -OCH3 is 1. The Morgan fingerprint density at radius 3 is 2.61 bits per heavy atom. The highest BCUT2D eigenvalue weighted by Gasteiger charge is 2.27. The van der Waals surface area contributed by atoms with Gasteiger partial charge in [-0.1, -0.05) is 6.07 Å². The van der Waals surface area contributed by atoms with Crippen LogP contribution in [-0.2, 0) is 19.6 Å². The number of carbonyl (C=O) groups excluding carboxylic acids is 2. The van der Waals surface area contributed by atoms with Gasteiger partial charge in [-0.3, -0.25) is 9.59 Å². The summed E-state index contributed by atoms with van der Waals surface area (Å²) in [5.74, 6) is 0.246. The summed E-state index contributed by atoms with van der Waals surface area (Å²) >= 11 is 0. The van der Waals surface area contributed by atoms with Crippen LogP contribution in [0.25, 0.3) is 0 Å². The first-order chi connectivity index (χ1) is 14.8. The highest BCUT2D eigenvalue weighted by molar-refractivity contribution is 7.89. The van der Waals surface area contributed by atoms with Crippen molar-refractivity contribution in [3.63, 3.8) is 0 Å². The lowest BCUT2D eigenvalue weighted by molar-refractivity contribution is -0.118. The second-order valence-electron chi connectivity index (χ2n) is 6.85. The number of sulfonamides is 1. The summed E-state index contributed by atoms with van der Waals surface area (Å²) in [6.07, 6.45) is 0.611. The Morgan fingerprint density at radius 2 is 1.94 bits per heavy atom. The third kappa shape index (κ3) is 5.40. The van der Waals surface area contributed by atoms with Gasteiger partial charge in [-0.05, 0) is 42.8 Å². The van der Waals surface area contributed by atoms with E-state index in [9.17, 15) is 18.0 Å². The Hall–Kier alpha value is -2.95. The van der Waals surface area contributed by atoms with E-state index in [4.69, 9.17) is 14.2 Å². The SMILES string of the molecule is COc1ccc(OCC(=O)Nc2cc(S(=O)(=O)N3CCOCC3)ccc2C)c(C=O)c1. The lowest BCUT2D eigenvalue weighted by Crippen LogP contribution is -2.40. The van der Waals surface area contributed by atoms with E-state index in [1.165, 1.54) is 35.7 Å². The van der Waals surface area contributed by atoms with Crippen LogP contribution in [-0.4, -0.2) is 64.9 Å². The van der Waals surface area contributed by atoms with Gasteiger partial charge < -0.3 is 19.5 Å². The number of hydrogen-bond donors (Lipinski definition) is 1. The fraction of sp³-hybridized carbons (Fsp3) is 0.333. The van der Waals surface area contributed by atoms with Crippen LogP contribution in [0.4, 0.5) is 5.69 Å². The number of amides is 1. The maximum Gasteiger partial charge on any atom is 0.262 e. The zero-order valence-electron chi connectivity index (χ0n) is 17.3. The van der Waals surface area contributed by atoms with E-state index < -0.39 is 15.9 Å². The number of rotatable bonds is 8. The van der Waals surface area contributed by atoms with Crippen molar-refractivity contribution < 1.29 is 32.2 Å². The van der Waals surface area contributed by atoms with Gasteiger partial charge in [-0.15, -0.1) is 0 Å². The normalized spacial score (nSPS) is 14.6. The molecule has 2 aromatic carbocycles. The number of carbonyl (C=O) groups is 2. The van der Waals surface area contributed by atoms with E-state index in [-0.39, 0.29) is 35.9 Å². The van der Waals surface area contributed by atoms with Gasteiger partial charge >= 0.3 is 0 Å². The van der Waals surface area contributed by atoms with E-state index in [1.807, 2.05) is 0 Å². The second-order valence-corrected chi connectivity index (χ2v) is 8.79.